The first kappa shape index (κ1) is 18.4. The van der Waals surface area contributed by atoms with Gasteiger partial charge in [0.05, 0.1) is 30.8 Å². The molecule has 0 radical (unpaired) electrons. The molecule has 7 heteroatoms. The van der Waals surface area contributed by atoms with Crippen molar-refractivity contribution in [2.75, 3.05) is 30.4 Å². The first-order valence-corrected chi connectivity index (χ1v) is 10.1. The van der Waals surface area contributed by atoms with Crippen LogP contribution in [0.4, 0.5) is 11.6 Å². The topological polar surface area (TPSA) is 80.5 Å². The monoisotopic (exact) mass is 402 g/mol. The van der Waals surface area contributed by atoms with Gasteiger partial charge in [-0.2, -0.15) is 0 Å². The first-order chi connectivity index (χ1) is 14.7. The predicted molar refractivity (Wildman–Crippen MR) is 116 cm³/mol. The van der Waals surface area contributed by atoms with E-state index in [0.29, 0.717) is 11.4 Å². The van der Waals surface area contributed by atoms with Crippen LogP contribution in [0.2, 0.25) is 0 Å². The van der Waals surface area contributed by atoms with Gasteiger partial charge in [-0.25, -0.2) is 9.97 Å². The Morgan fingerprint density at radius 3 is 2.67 bits per heavy atom. The molecule has 5 rings (SSSR count). The number of carbonyl (C=O) groups is 1. The van der Waals surface area contributed by atoms with Gasteiger partial charge in [0.25, 0.3) is 0 Å². The fourth-order valence-electron chi connectivity index (χ4n) is 3.90. The van der Waals surface area contributed by atoms with Gasteiger partial charge in [0.2, 0.25) is 5.91 Å². The van der Waals surface area contributed by atoms with Crippen LogP contribution >= 0.6 is 0 Å². The lowest BCUT2D eigenvalue weighted by molar-refractivity contribution is -0.115. The summed E-state index contributed by atoms with van der Waals surface area (Å²) in [6, 6.07) is 13.3. The van der Waals surface area contributed by atoms with Gasteiger partial charge < -0.3 is 19.4 Å². The predicted octanol–water partition coefficient (Wildman–Crippen LogP) is 4.17. The number of anilines is 2. The normalized spacial score (nSPS) is 13.8. The molecule has 152 valence electrons. The van der Waals surface area contributed by atoms with E-state index in [0.717, 1.165) is 59.5 Å². The van der Waals surface area contributed by atoms with Crippen molar-refractivity contribution >= 4 is 39.5 Å². The molecule has 0 saturated carbocycles. The number of ether oxygens (including phenoxy) is 1. The van der Waals surface area contributed by atoms with Gasteiger partial charge in [-0.3, -0.25) is 4.79 Å². The van der Waals surface area contributed by atoms with Crippen molar-refractivity contribution in [2.45, 2.75) is 19.3 Å². The zero-order valence-electron chi connectivity index (χ0n) is 16.7. The van der Waals surface area contributed by atoms with Gasteiger partial charge in [-0.1, -0.05) is 12.1 Å². The van der Waals surface area contributed by atoms with E-state index < -0.39 is 0 Å². The number of para-hydroxylation sites is 2. The van der Waals surface area contributed by atoms with Crippen molar-refractivity contribution < 1.29 is 13.9 Å². The SMILES string of the molecule is COc1ccc2c(CC(=O)Nc3nc4ccccc4nc3N3CCCC3)coc2c1. The van der Waals surface area contributed by atoms with E-state index in [1.165, 1.54) is 0 Å². The molecule has 4 aromatic rings. The summed E-state index contributed by atoms with van der Waals surface area (Å²) in [4.78, 5) is 24.6. The molecule has 2 aromatic heterocycles. The molecule has 3 heterocycles. The Bertz CT molecular complexity index is 1230. The summed E-state index contributed by atoms with van der Waals surface area (Å²) in [5.74, 6) is 1.81. The minimum absolute atomic E-state index is 0.154. The molecule has 30 heavy (non-hydrogen) atoms. The molecule has 7 nitrogen and oxygen atoms in total. The van der Waals surface area contributed by atoms with Crippen LogP contribution in [0.15, 0.2) is 53.1 Å². The largest absolute Gasteiger partial charge is 0.497 e. The van der Waals surface area contributed by atoms with Gasteiger partial charge in [-0.15, -0.1) is 0 Å². The highest BCUT2D eigenvalue weighted by Gasteiger charge is 2.21. The van der Waals surface area contributed by atoms with Crippen molar-refractivity contribution in [1.82, 2.24) is 9.97 Å². The molecule has 1 fully saturated rings. The molecule has 1 N–H and O–H groups in total. The second kappa shape index (κ2) is 7.67. The standard InChI is InChI=1S/C23H22N4O3/c1-29-16-8-9-17-15(14-30-20(17)13-16)12-21(28)26-22-23(27-10-4-5-11-27)25-19-7-3-2-6-18(19)24-22/h2-3,6-9,13-14H,4-5,10-12H2,1H3,(H,24,26,28). The van der Waals surface area contributed by atoms with E-state index in [2.05, 4.69) is 10.2 Å². The molecular weight excluding hydrogens is 380 g/mol. The van der Waals surface area contributed by atoms with Gasteiger partial charge in [0.15, 0.2) is 11.6 Å². The first-order valence-electron chi connectivity index (χ1n) is 10.1. The maximum atomic E-state index is 12.9. The summed E-state index contributed by atoms with van der Waals surface area (Å²) in [5, 5.41) is 3.88. The Kier molecular flexibility index (Phi) is 4.71. The average molecular weight is 402 g/mol. The van der Waals surface area contributed by atoms with Gasteiger partial charge >= 0.3 is 0 Å². The number of carbonyl (C=O) groups excluding carboxylic acids is 1. The number of methoxy groups -OCH3 is 1. The average Bonchev–Trinajstić information content (AvgIpc) is 3.43. The summed E-state index contributed by atoms with van der Waals surface area (Å²) in [6.45, 7) is 1.84. The Hall–Kier alpha value is -3.61. The molecule has 0 spiro atoms. The number of hydrogen-bond acceptors (Lipinski definition) is 6. The molecule has 0 unspecified atom stereocenters. The van der Waals surface area contributed by atoms with E-state index in [1.54, 1.807) is 13.4 Å². The van der Waals surface area contributed by atoms with Crippen LogP contribution in [0.5, 0.6) is 5.75 Å². The Morgan fingerprint density at radius 2 is 1.90 bits per heavy atom. The molecule has 0 bridgehead atoms. The molecule has 2 aromatic carbocycles. The highest BCUT2D eigenvalue weighted by molar-refractivity contribution is 5.97. The second-order valence-corrected chi connectivity index (χ2v) is 7.43. The summed E-state index contributed by atoms with van der Waals surface area (Å²) in [7, 11) is 1.61. The third kappa shape index (κ3) is 3.43. The number of fused-ring (bicyclic) bond motifs is 2. The van der Waals surface area contributed by atoms with Crippen molar-refractivity contribution in [3.8, 4) is 5.75 Å². The molecule has 0 atom stereocenters. The number of furan rings is 1. The lowest BCUT2D eigenvalue weighted by Gasteiger charge is -2.20. The fraction of sp³-hybridized carbons (Fsp3) is 0.261. The van der Waals surface area contributed by atoms with E-state index in [9.17, 15) is 4.79 Å². The zero-order valence-corrected chi connectivity index (χ0v) is 16.7. The van der Waals surface area contributed by atoms with E-state index in [1.807, 2.05) is 42.5 Å². The van der Waals surface area contributed by atoms with Crippen LogP contribution < -0.4 is 15.0 Å². The number of amides is 1. The van der Waals surface area contributed by atoms with Crippen LogP contribution in [0.1, 0.15) is 18.4 Å². The molecule has 0 aliphatic carbocycles. The fourth-order valence-corrected chi connectivity index (χ4v) is 3.90. The molecule has 1 saturated heterocycles. The summed E-state index contributed by atoms with van der Waals surface area (Å²) in [5.41, 5.74) is 3.10. The maximum Gasteiger partial charge on any atom is 0.230 e. The minimum Gasteiger partial charge on any atom is -0.497 e. The van der Waals surface area contributed by atoms with Gasteiger partial charge in [-0.05, 0) is 37.1 Å². The van der Waals surface area contributed by atoms with Gasteiger partial charge in [0, 0.05) is 30.1 Å². The number of benzene rings is 2. The number of aromatic nitrogens is 2. The molecule has 1 aliphatic heterocycles. The van der Waals surface area contributed by atoms with Crippen molar-refractivity contribution in [1.29, 1.82) is 0 Å². The van der Waals surface area contributed by atoms with Crippen molar-refractivity contribution in [2.24, 2.45) is 0 Å². The highest BCUT2D eigenvalue weighted by atomic mass is 16.5. The zero-order chi connectivity index (χ0) is 20.5. The summed E-state index contributed by atoms with van der Waals surface area (Å²) in [6.07, 6.45) is 4.04. The third-order valence-corrected chi connectivity index (χ3v) is 5.43. The van der Waals surface area contributed by atoms with Crippen LogP contribution in [-0.4, -0.2) is 36.1 Å². The molecular formula is C23H22N4O3. The second-order valence-electron chi connectivity index (χ2n) is 7.43. The highest BCUT2D eigenvalue weighted by Crippen LogP contribution is 2.29. The number of hydrogen-bond donors (Lipinski definition) is 1. The third-order valence-electron chi connectivity index (χ3n) is 5.43. The van der Waals surface area contributed by atoms with Crippen LogP contribution in [0.3, 0.4) is 0 Å². The maximum absolute atomic E-state index is 12.9. The Morgan fingerprint density at radius 1 is 1.13 bits per heavy atom. The molecule has 1 aliphatic rings. The summed E-state index contributed by atoms with van der Waals surface area (Å²) < 4.78 is 10.8. The Balaban J connectivity index is 1.43. The molecule has 1 amide bonds. The van der Waals surface area contributed by atoms with E-state index in [4.69, 9.17) is 19.1 Å². The van der Waals surface area contributed by atoms with Crippen LogP contribution in [-0.2, 0) is 11.2 Å². The lowest BCUT2D eigenvalue weighted by atomic mass is 10.1. The van der Waals surface area contributed by atoms with E-state index in [-0.39, 0.29) is 12.3 Å². The summed E-state index contributed by atoms with van der Waals surface area (Å²) >= 11 is 0. The number of nitrogens with one attached hydrogen (secondary N) is 1. The van der Waals surface area contributed by atoms with Gasteiger partial charge in [0.1, 0.15) is 11.3 Å². The minimum atomic E-state index is -0.154. The number of rotatable bonds is 5. The van der Waals surface area contributed by atoms with Crippen molar-refractivity contribution in [3.63, 3.8) is 0 Å². The quantitative estimate of drug-likeness (QED) is 0.540. The van der Waals surface area contributed by atoms with E-state index >= 15 is 0 Å². The lowest BCUT2D eigenvalue weighted by Crippen LogP contribution is -2.24. The van der Waals surface area contributed by atoms with Crippen molar-refractivity contribution in [3.05, 3.63) is 54.3 Å². The number of nitrogens with zero attached hydrogens (tertiary/aromatic N) is 3. The van der Waals surface area contributed by atoms with Crippen LogP contribution in [0, 0.1) is 0 Å². The smallest absolute Gasteiger partial charge is 0.230 e. The Labute approximate surface area is 173 Å². The van der Waals surface area contributed by atoms with Crippen LogP contribution in [0.25, 0.3) is 22.0 Å².